The van der Waals surface area contributed by atoms with E-state index in [9.17, 15) is 0 Å². The molecule has 1 N–H and O–H groups in total. The molecule has 24 heavy (non-hydrogen) atoms. The SMILES string of the molecule is COc1c(CNC[C@H](C)N2C[C@@H](C)O[C@@H](C)C2)c(C(C)C)nn1C. The molecule has 1 aromatic heterocycles. The van der Waals surface area contributed by atoms with Gasteiger partial charge in [-0.15, -0.1) is 0 Å². The second kappa shape index (κ2) is 8.32. The lowest BCUT2D eigenvalue weighted by Gasteiger charge is -2.39. The van der Waals surface area contributed by atoms with Gasteiger partial charge in [0.15, 0.2) is 0 Å². The number of hydrogen-bond acceptors (Lipinski definition) is 5. The fourth-order valence-corrected chi connectivity index (χ4v) is 3.57. The van der Waals surface area contributed by atoms with Crippen LogP contribution >= 0.6 is 0 Å². The second-order valence-corrected chi connectivity index (χ2v) is 7.34. The van der Waals surface area contributed by atoms with Crippen LogP contribution in [-0.2, 0) is 18.3 Å². The van der Waals surface area contributed by atoms with Crippen molar-refractivity contribution in [3.63, 3.8) is 0 Å². The predicted molar refractivity (Wildman–Crippen MR) is 96.6 cm³/mol. The summed E-state index contributed by atoms with van der Waals surface area (Å²) in [6.07, 6.45) is 0.615. The fourth-order valence-electron chi connectivity index (χ4n) is 3.57. The fraction of sp³-hybridized carbons (Fsp3) is 0.833. The number of nitrogens with one attached hydrogen (secondary N) is 1. The third-order valence-electron chi connectivity index (χ3n) is 4.67. The molecule has 0 aliphatic carbocycles. The standard InChI is InChI=1S/C18H34N4O2/c1-12(2)17-16(18(23-7)21(6)20-17)9-19-8-13(3)22-10-14(4)24-15(5)11-22/h12-15,19H,8-11H2,1-7H3/t13-,14-,15+/m0/s1. The Hall–Kier alpha value is -1.11. The van der Waals surface area contributed by atoms with Gasteiger partial charge in [-0.1, -0.05) is 13.8 Å². The Morgan fingerprint density at radius 2 is 1.88 bits per heavy atom. The van der Waals surface area contributed by atoms with Crippen LogP contribution in [0.25, 0.3) is 0 Å². The highest BCUT2D eigenvalue weighted by Crippen LogP contribution is 2.26. The van der Waals surface area contributed by atoms with Crippen LogP contribution in [0.2, 0.25) is 0 Å². The van der Waals surface area contributed by atoms with Crippen LogP contribution < -0.4 is 10.1 Å². The van der Waals surface area contributed by atoms with E-state index in [4.69, 9.17) is 9.47 Å². The number of rotatable bonds is 7. The Kier molecular flexibility index (Phi) is 6.66. The number of methoxy groups -OCH3 is 1. The van der Waals surface area contributed by atoms with Gasteiger partial charge in [-0.3, -0.25) is 4.90 Å². The number of ether oxygens (including phenoxy) is 2. The highest BCUT2D eigenvalue weighted by atomic mass is 16.5. The van der Waals surface area contributed by atoms with Gasteiger partial charge in [0, 0.05) is 39.3 Å². The van der Waals surface area contributed by atoms with E-state index in [1.165, 1.54) is 5.56 Å². The van der Waals surface area contributed by atoms with Gasteiger partial charge in [-0.05, 0) is 26.7 Å². The summed E-state index contributed by atoms with van der Waals surface area (Å²) in [6, 6.07) is 0.476. The summed E-state index contributed by atoms with van der Waals surface area (Å²) in [5, 5.41) is 8.21. The molecule has 0 spiro atoms. The molecule has 0 unspecified atom stereocenters. The van der Waals surface area contributed by atoms with Crippen molar-refractivity contribution in [1.29, 1.82) is 0 Å². The van der Waals surface area contributed by atoms with Crippen molar-refractivity contribution in [2.24, 2.45) is 7.05 Å². The van der Waals surface area contributed by atoms with Gasteiger partial charge in [0.05, 0.1) is 30.6 Å². The molecule has 1 saturated heterocycles. The van der Waals surface area contributed by atoms with E-state index in [-0.39, 0.29) is 0 Å². The third-order valence-corrected chi connectivity index (χ3v) is 4.67. The van der Waals surface area contributed by atoms with Crippen molar-refractivity contribution < 1.29 is 9.47 Å². The normalized spacial score (nSPS) is 23.7. The van der Waals surface area contributed by atoms with Crippen LogP contribution in [0.5, 0.6) is 5.88 Å². The third kappa shape index (κ3) is 4.49. The number of hydrogen-bond donors (Lipinski definition) is 1. The Morgan fingerprint density at radius 3 is 2.42 bits per heavy atom. The van der Waals surface area contributed by atoms with Gasteiger partial charge < -0.3 is 14.8 Å². The minimum Gasteiger partial charge on any atom is -0.481 e. The average Bonchev–Trinajstić information content (AvgIpc) is 2.82. The summed E-state index contributed by atoms with van der Waals surface area (Å²) in [4.78, 5) is 2.51. The summed E-state index contributed by atoms with van der Waals surface area (Å²) < 4.78 is 13.2. The molecule has 2 rings (SSSR count). The van der Waals surface area contributed by atoms with Crippen molar-refractivity contribution >= 4 is 0 Å². The summed E-state index contributed by atoms with van der Waals surface area (Å²) in [5.74, 6) is 1.24. The first-order valence-corrected chi connectivity index (χ1v) is 9.03. The molecule has 0 radical (unpaired) electrons. The van der Waals surface area contributed by atoms with Gasteiger partial charge in [0.2, 0.25) is 5.88 Å². The maximum absolute atomic E-state index is 5.83. The van der Waals surface area contributed by atoms with E-state index in [1.54, 1.807) is 7.11 Å². The molecule has 6 nitrogen and oxygen atoms in total. The van der Waals surface area contributed by atoms with E-state index in [0.717, 1.165) is 37.8 Å². The Balaban J connectivity index is 1.94. The highest BCUT2D eigenvalue weighted by Gasteiger charge is 2.26. The highest BCUT2D eigenvalue weighted by molar-refractivity contribution is 5.33. The lowest BCUT2D eigenvalue weighted by atomic mass is 10.1. The predicted octanol–water partition coefficient (Wildman–Crippen LogP) is 2.14. The van der Waals surface area contributed by atoms with E-state index < -0.39 is 0 Å². The van der Waals surface area contributed by atoms with E-state index in [0.29, 0.717) is 24.2 Å². The molecule has 6 heteroatoms. The van der Waals surface area contributed by atoms with Crippen molar-refractivity contribution in [1.82, 2.24) is 20.0 Å². The maximum Gasteiger partial charge on any atom is 0.216 e. The molecule has 0 amide bonds. The van der Waals surface area contributed by atoms with E-state index in [1.807, 2.05) is 11.7 Å². The minimum absolute atomic E-state index is 0.308. The zero-order valence-corrected chi connectivity index (χ0v) is 16.3. The summed E-state index contributed by atoms with van der Waals surface area (Å²) in [5.41, 5.74) is 2.29. The zero-order valence-electron chi connectivity index (χ0n) is 16.3. The summed E-state index contributed by atoms with van der Waals surface area (Å²) in [6.45, 7) is 14.6. The van der Waals surface area contributed by atoms with Crippen LogP contribution in [0, 0.1) is 0 Å². The first-order chi connectivity index (χ1) is 11.3. The minimum atomic E-state index is 0.308. The first kappa shape index (κ1) is 19.2. The maximum atomic E-state index is 5.83. The molecule has 138 valence electrons. The van der Waals surface area contributed by atoms with Crippen LogP contribution in [0.3, 0.4) is 0 Å². The molecule has 1 aliphatic heterocycles. The number of morpholine rings is 1. The Bertz CT molecular complexity index is 519. The van der Waals surface area contributed by atoms with Crippen LogP contribution in [0.1, 0.15) is 51.8 Å². The summed E-state index contributed by atoms with van der Waals surface area (Å²) in [7, 11) is 3.65. The lowest BCUT2D eigenvalue weighted by Crippen LogP contribution is -2.51. The van der Waals surface area contributed by atoms with Gasteiger partial charge in [0.1, 0.15) is 0 Å². The number of aromatic nitrogens is 2. The molecule has 0 bridgehead atoms. The quantitative estimate of drug-likeness (QED) is 0.825. The van der Waals surface area contributed by atoms with Crippen molar-refractivity contribution in [2.75, 3.05) is 26.7 Å². The van der Waals surface area contributed by atoms with E-state index >= 15 is 0 Å². The molecule has 1 aromatic rings. The van der Waals surface area contributed by atoms with Gasteiger partial charge in [-0.25, -0.2) is 4.68 Å². The van der Waals surface area contributed by atoms with Gasteiger partial charge in [-0.2, -0.15) is 5.10 Å². The Labute approximate surface area is 146 Å². The van der Waals surface area contributed by atoms with Crippen molar-refractivity contribution in [3.05, 3.63) is 11.3 Å². The molecule has 0 saturated carbocycles. The van der Waals surface area contributed by atoms with Gasteiger partial charge >= 0.3 is 0 Å². The zero-order chi connectivity index (χ0) is 17.9. The van der Waals surface area contributed by atoms with Crippen LogP contribution in [-0.4, -0.2) is 59.7 Å². The molecule has 1 fully saturated rings. The van der Waals surface area contributed by atoms with Crippen LogP contribution in [0.15, 0.2) is 0 Å². The smallest absolute Gasteiger partial charge is 0.216 e. The lowest BCUT2D eigenvalue weighted by molar-refractivity contribution is -0.0781. The second-order valence-electron chi connectivity index (χ2n) is 7.34. The average molecular weight is 338 g/mol. The topological polar surface area (TPSA) is 51.6 Å². The molecule has 3 atom stereocenters. The Morgan fingerprint density at radius 1 is 1.25 bits per heavy atom. The van der Waals surface area contributed by atoms with Crippen LogP contribution in [0.4, 0.5) is 0 Å². The van der Waals surface area contributed by atoms with Crippen molar-refractivity contribution in [3.8, 4) is 5.88 Å². The first-order valence-electron chi connectivity index (χ1n) is 9.03. The molecule has 2 heterocycles. The molecular formula is C18H34N4O2. The number of aryl methyl sites for hydroxylation is 1. The van der Waals surface area contributed by atoms with Gasteiger partial charge in [0.25, 0.3) is 0 Å². The summed E-state index contributed by atoms with van der Waals surface area (Å²) >= 11 is 0. The molecular weight excluding hydrogens is 304 g/mol. The number of nitrogens with zero attached hydrogens (tertiary/aromatic N) is 3. The van der Waals surface area contributed by atoms with E-state index in [2.05, 4.69) is 49.9 Å². The monoisotopic (exact) mass is 338 g/mol. The molecule has 0 aromatic carbocycles. The van der Waals surface area contributed by atoms with Crippen molar-refractivity contribution in [2.45, 2.75) is 65.3 Å². The molecule has 1 aliphatic rings. The largest absolute Gasteiger partial charge is 0.481 e.